The van der Waals surface area contributed by atoms with Crippen molar-refractivity contribution in [3.05, 3.63) is 23.5 Å². The lowest BCUT2D eigenvalue weighted by atomic mass is 10.2. The standard InChI is InChI=1S/C12H16F3NO4/c1-19-4-2-5-20-6-3-16-7-9(11(17)18)10(8-16)12(13,14)15/h7-8H,2-6H2,1H3,(H,17,18). The minimum absolute atomic E-state index is 0.156. The van der Waals surface area contributed by atoms with Crippen LogP contribution in [0.25, 0.3) is 0 Å². The highest BCUT2D eigenvalue weighted by molar-refractivity contribution is 5.89. The van der Waals surface area contributed by atoms with Crippen LogP contribution in [0.4, 0.5) is 13.2 Å². The van der Waals surface area contributed by atoms with Crippen LogP contribution < -0.4 is 0 Å². The number of aromatic carboxylic acids is 1. The molecule has 1 aromatic rings. The van der Waals surface area contributed by atoms with E-state index in [0.29, 0.717) is 19.6 Å². The van der Waals surface area contributed by atoms with Crippen LogP contribution in [0.15, 0.2) is 12.4 Å². The molecule has 0 spiro atoms. The molecule has 20 heavy (non-hydrogen) atoms. The van der Waals surface area contributed by atoms with Gasteiger partial charge >= 0.3 is 12.1 Å². The van der Waals surface area contributed by atoms with E-state index in [9.17, 15) is 18.0 Å². The molecule has 0 aliphatic heterocycles. The third kappa shape index (κ3) is 4.86. The molecule has 0 saturated carbocycles. The lowest BCUT2D eigenvalue weighted by molar-refractivity contribution is -0.138. The molecular formula is C12H16F3NO4. The summed E-state index contributed by atoms with van der Waals surface area (Å²) in [7, 11) is 1.56. The van der Waals surface area contributed by atoms with Gasteiger partial charge in [0.2, 0.25) is 0 Å². The molecule has 0 saturated heterocycles. The summed E-state index contributed by atoms with van der Waals surface area (Å²) < 4.78 is 49.1. The lowest BCUT2D eigenvalue weighted by Crippen LogP contribution is -2.09. The van der Waals surface area contributed by atoms with E-state index < -0.39 is 23.3 Å². The first kappa shape index (κ1) is 16.5. The molecule has 1 N–H and O–H groups in total. The molecule has 0 aliphatic carbocycles. The van der Waals surface area contributed by atoms with Gasteiger partial charge in [-0.3, -0.25) is 0 Å². The van der Waals surface area contributed by atoms with Crippen molar-refractivity contribution in [3.63, 3.8) is 0 Å². The highest BCUT2D eigenvalue weighted by Gasteiger charge is 2.36. The molecule has 114 valence electrons. The summed E-state index contributed by atoms with van der Waals surface area (Å²) >= 11 is 0. The number of rotatable bonds is 8. The fourth-order valence-corrected chi connectivity index (χ4v) is 1.61. The van der Waals surface area contributed by atoms with Crippen LogP contribution in [-0.2, 0) is 22.2 Å². The first-order valence-electron chi connectivity index (χ1n) is 5.93. The van der Waals surface area contributed by atoms with Gasteiger partial charge in [0.25, 0.3) is 0 Å². The Morgan fingerprint density at radius 2 is 2.00 bits per heavy atom. The lowest BCUT2D eigenvalue weighted by Gasteiger charge is -2.05. The van der Waals surface area contributed by atoms with E-state index in [0.717, 1.165) is 12.4 Å². The normalized spacial score (nSPS) is 11.8. The third-order valence-electron chi connectivity index (χ3n) is 2.55. The monoisotopic (exact) mass is 295 g/mol. The largest absolute Gasteiger partial charge is 0.478 e. The predicted molar refractivity (Wildman–Crippen MR) is 63.7 cm³/mol. The Morgan fingerprint density at radius 3 is 2.50 bits per heavy atom. The van der Waals surface area contributed by atoms with Crippen molar-refractivity contribution in [1.29, 1.82) is 0 Å². The maximum absolute atomic E-state index is 12.6. The van der Waals surface area contributed by atoms with E-state index in [1.54, 1.807) is 7.11 Å². The summed E-state index contributed by atoms with van der Waals surface area (Å²) in [5, 5.41) is 8.75. The van der Waals surface area contributed by atoms with Crippen LogP contribution in [0.1, 0.15) is 22.3 Å². The summed E-state index contributed by atoms with van der Waals surface area (Å²) in [5.41, 5.74) is -1.90. The number of carboxylic acid groups (broad SMARTS) is 1. The molecule has 0 fully saturated rings. The summed E-state index contributed by atoms with van der Waals surface area (Å²) in [6, 6.07) is 0. The number of hydrogen-bond donors (Lipinski definition) is 1. The Bertz CT molecular complexity index is 442. The first-order valence-corrected chi connectivity index (χ1v) is 5.93. The molecule has 1 aromatic heterocycles. The Hall–Kier alpha value is -1.54. The van der Waals surface area contributed by atoms with Crippen molar-refractivity contribution in [2.75, 3.05) is 26.9 Å². The fraction of sp³-hybridized carbons (Fsp3) is 0.583. The third-order valence-corrected chi connectivity index (χ3v) is 2.55. The molecule has 0 radical (unpaired) electrons. The van der Waals surface area contributed by atoms with Gasteiger partial charge in [0, 0.05) is 39.3 Å². The zero-order chi connectivity index (χ0) is 15.2. The molecule has 5 nitrogen and oxygen atoms in total. The topological polar surface area (TPSA) is 60.7 Å². The Labute approximate surface area is 113 Å². The first-order chi connectivity index (χ1) is 9.36. The van der Waals surface area contributed by atoms with Gasteiger partial charge in [-0.25, -0.2) is 4.79 Å². The summed E-state index contributed by atoms with van der Waals surface area (Å²) in [6.45, 7) is 1.34. The Kier molecular flexibility index (Phi) is 6.03. The van der Waals surface area contributed by atoms with Crippen LogP contribution >= 0.6 is 0 Å². The van der Waals surface area contributed by atoms with Crippen LogP contribution in [0.5, 0.6) is 0 Å². The zero-order valence-electron chi connectivity index (χ0n) is 10.9. The second-order valence-electron chi connectivity index (χ2n) is 4.09. The van der Waals surface area contributed by atoms with Gasteiger partial charge < -0.3 is 19.1 Å². The van der Waals surface area contributed by atoms with Crippen LogP contribution in [0, 0.1) is 0 Å². The second-order valence-corrected chi connectivity index (χ2v) is 4.09. The van der Waals surface area contributed by atoms with Crippen molar-refractivity contribution >= 4 is 5.97 Å². The predicted octanol–water partition coefficient (Wildman–Crippen LogP) is 2.26. The molecule has 1 heterocycles. The van der Waals surface area contributed by atoms with Gasteiger partial charge in [0.15, 0.2) is 0 Å². The number of nitrogens with zero attached hydrogens (tertiary/aromatic N) is 1. The van der Waals surface area contributed by atoms with E-state index in [2.05, 4.69) is 0 Å². The SMILES string of the molecule is COCCCOCCn1cc(C(=O)O)c(C(F)(F)F)c1. The van der Waals surface area contributed by atoms with Crippen LogP contribution in [0.2, 0.25) is 0 Å². The number of aromatic nitrogens is 1. The maximum Gasteiger partial charge on any atom is 0.418 e. The van der Waals surface area contributed by atoms with Gasteiger partial charge in [0.1, 0.15) is 0 Å². The minimum Gasteiger partial charge on any atom is -0.478 e. The minimum atomic E-state index is -4.68. The van der Waals surface area contributed by atoms with E-state index in [1.807, 2.05) is 0 Å². The number of methoxy groups -OCH3 is 1. The van der Waals surface area contributed by atoms with Gasteiger partial charge in [-0.1, -0.05) is 0 Å². The van der Waals surface area contributed by atoms with Crippen molar-refractivity contribution in [2.24, 2.45) is 0 Å². The van der Waals surface area contributed by atoms with Crippen molar-refractivity contribution in [1.82, 2.24) is 4.57 Å². The van der Waals surface area contributed by atoms with Gasteiger partial charge in [-0.15, -0.1) is 0 Å². The van der Waals surface area contributed by atoms with Crippen molar-refractivity contribution in [3.8, 4) is 0 Å². The molecule has 0 bridgehead atoms. The molecule has 0 aliphatic rings. The number of alkyl halides is 3. The zero-order valence-corrected chi connectivity index (χ0v) is 10.9. The van der Waals surface area contributed by atoms with Crippen molar-refractivity contribution < 1.29 is 32.5 Å². The summed E-state index contributed by atoms with van der Waals surface area (Å²) in [5.74, 6) is -1.60. The molecule has 0 unspecified atom stereocenters. The number of ether oxygens (including phenoxy) is 2. The maximum atomic E-state index is 12.6. The van der Waals surface area contributed by atoms with Gasteiger partial charge in [-0.05, 0) is 6.42 Å². The average Bonchev–Trinajstić information content (AvgIpc) is 2.78. The average molecular weight is 295 g/mol. The molecule has 0 amide bonds. The van der Waals surface area contributed by atoms with Crippen LogP contribution in [-0.4, -0.2) is 42.6 Å². The van der Waals surface area contributed by atoms with Gasteiger partial charge in [0.05, 0.1) is 17.7 Å². The Morgan fingerprint density at radius 1 is 1.30 bits per heavy atom. The van der Waals surface area contributed by atoms with Gasteiger partial charge in [-0.2, -0.15) is 13.2 Å². The smallest absolute Gasteiger partial charge is 0.418 e. The quantitative estimate of drug-likeness (QED) is 0.747. The molecular weight excluding hydrogens is 279 g/mol. The summed E-state index contributed by atoms with van der Waals surface area (Å²) in [4.78, 5) is 10.8. The molecule has 0 atom stereocenters. The van der Waals surface area contributed by atoms with Crippen LogP contribution in [0.3, 0.4) is 0 Å². The van der Waals surface area contributed by atoms with E-state index in [4.69, 9.17) is 14.6 Å². The fourth-order valence-electron chi connectivity index (χ4n) is 1.61. The highest BCUT2D eigenvalue weighted by Crippen LogP contribution is 2.32. The van der Waals surface area contributed by atoms with E-state index in [-0.39, 0.29) is 13.2 Å². The van der Waals surface area contributed by atoms with Crippen molar-refractivity contribution in [2.45, 2.75) is 19.1 Å². The molecule has 8 heteroatoms. The number of carboxylic acids is 1. The Balaban J connectivity index is 2.57. The number of carbonyl (C=O) groups is 1. The number of halogens is 3. The van der Waals surface area contributed by atoms with E-state index >= 15 is 0 Å². The number of hydrogen-bond acceptors (Lipinski definition) is 3. The second kappa shape index (κ2) is 7.30. The summed E-state index contributed by atoms with van der Waals surface area (Å²) in [6.07, 6.45) is -2.25. The molecule has 0 aromatic carbocycles. The van der Waals surface area contributed by atoms with E-state index in [1.165, 1.54) is 4.57 Å². The highest BCUT2D eigenvalue weighted by atomic mass is 19.4. The molecule has 1 rings (SSSR count).